The first-order valence-electron chi connectivity index (χ1n) is 20.7. The maximum absolute atomic E-state index is 12.8. The third-order valence-electron chi connectivity index (χ3n) is 10.9. The van der Waals surface area contributed by atoms with Crippen molar-refractivity contribution in [2.75, 3.05) is 25.1 Å². The van der Waals surface area contributed by atoms with Crippen molar-refractivity contribution in [3.05, 3.63) is 56.8 Å². The Morgan fingerprint density at radius 1 is 0.926 bits per heavy atom. The summed E-state index contributed by atoms with van der Waals surface area (Å²) >= 11 is 0. The van der Waals surface area contributed by atoms with Gasteiger partial charge in [-0.3, -0.25) is 33.0 Å². The van der Waals surface area contributed by atoms with Gasteiger partial charge in [0.2, 0.25) is 0 Å². The third kappa shape index (κ3) is 11.3. The fraction of sp³-hybridized carbons (Fsp3) is 0.514. The number of hydrogen-bond donors (Lipinski definition) is 9. The lowest BCUT2D eigenvalue weighted by Crippen LogP contribution is -2.42. The van der Waals surface area contributed by atoms with Crippen LogP contribution in [0.2, 0.25) is 0 Å². The number of aromatic amines is 1. The molecule has 2 saturated heterocycles. The molecule has 3 aromatic rings. The number of anilines is 1. The summed E-state index contributed by atoms with van der Waals surface area (Å²) in [6.45, 7) is 1.06. The summed E-state index contributed by atoms with van der Waals surface area (Å²) in [5.41, 5.74) is 0.308. The van der Waals surface area contributed by atoms with Crippen LogP contribution in [-0.4, -0.2) is 154 Å². The molecule has 31 heteroatoms. The highest BCUT2D eigenvalue weighted by Crippen LogP contribution is 2.60. The molecule has 7 rings (SSSR count). The maximum Gasteiger partial charge on any atom is 0.481 e. The van der Waals surface area contributed by atoms with E-state index in [0.29, 0.717) is 30.9 Å². The van der Waals surface area contributed by atoms with Crippen molar-refractivity contribution in [2.45, 2.75) is 102 Å². The largest absolute Gasteiger partial charge is 0.481 e. The number of nitrogens with zero attached hydrogens (tertiary/aromatic N) is 8. The number of hydroxylamine groups is 2. The monoisotopic (exact) mass is 996 g/mol. The SMILES string of the molecule is Cc1cc2nc3c(=O)[nH]c(=O)nc-3n(C[C@H](O)[C@H](O)[C@H](O)COP(=O)(O)OP(=O)(O)OC[C@H]3O[C@@H](n4cnc5c(NCCCCCC(=O)ON6C(=O)CCC6=O)ncnc54)[C@H](O)[C@@H]3O)c2cc1C. The minimum atomic E-state index is -5.60. The molecule has 0 saturated carbocycles. The van der Waals surface area contributed by atoms with E-state index >= 15 is 0 Å². The Bertz CT molecular complexity index is 2880. The van der Waals surface area contributed by atoms with Crippen LogP contribution in [0.15, 0.2) is 34.4 Å². The maximum atomic E-state index is 12.8. The molecule has 68 heavy (non-hydrogen) atoms. The number of rotatable bonds is 21. The number of ether oxygens (including phenoxy) is 1. The second-order valence-corrected chi connectivity index (χ2v) is 18.8. The molecule has 2 aromatic heterocycles. The number of hydrogen-bond acceptors (Lipinski definition) is 23. The highest BCUT2D eigenvalue weighted by molar-refractivity contribution is 7.61. The Hall–Kier alpha value is -5.52. The van der Waals surface area contributed by atoms with E-state index in [1.807, 2.05) is 4.98 Å². The van der Waals surface area contributed by atoms with E-state index in [4.69, 9.17) is 14.1 Å². The average Bonchev–Trinajstić information content (AvgIpc) is 3.94. The number of imidazole rings is 1. The Kier molecular flexibility index (Phi) is 15.3. The number of phosphoric acid groups is 2. The Labute approximate surface area is 381 Å². The number of imide groups is 1. The summed E-state index contributed by atoms with van der Waals surface area (Å²) in [5.74, 6) is -1.82. The van der Waals surface area contributed by atoms with Gasteiger partial charge in [0.25, 0.3) is 17.4 Å². The Morgan fingerprint density at radius 3 is 2.37 bits per heavy atom. The molecule has 1 aromatic carbocycles. The van der Waals surface area contributed by atoms with Crippen molar-refractivity contribution < 1.29 is 81.8 Å². The van der Waals surface area contributed by atoms with Crippen molar-refractivity contribution in [3.8, 4) is 11.5 Å². The molecule has 2 amide bonds. The molecule has 9 atom stereocenters. The van der Waals surface area contributed by atoms with Crippen LogP contribution >= 0.6 is 15.6 Å². The quantitative estimate of drug-likeness (QED) is 0.0176. The number of unbranched alkanes of at least 4 members (excludes halogenated alkanes) is 2. The standard InChI is InChI=1S/C37H46N10O19P2/c1-17-10-19-20(11-18(17)2)45(34-28(42-19)35(56)44-37(57)43-34)12-21(48)29(53)22(49)13-62-67(58,59)66-68(60,61)63-14-23-30(54)31(55)36(64-23)46-16-41-27-32(39-15-40-33(27)46)38-9-5-3-4-6-26(52)65-47-24(50)7-8-25(47)51/h10-11,15-16,21-23,29-31,36,48-49,53-55H,3-9,12-14H2,1-2H3,(H,58,59)(H,60,61)(H,38,39,40)(H,44,56,57)/t21-,22+,23+,29-,30+,31+,36+/m0/s1. The zero-order chi connectivity index (χ0) is 49.2. The second kappa shape index (κ2) is 20.6. The van der Waals surface area contributed by atoms with Crippen molar-refractivity contribution in [1.82, 2.24) is 44.1 Å². The molecular weight excluding hydrogens is 950 g/mol. The fourth-order valence-corrected chi connectivity index (χ4v) is 9.34. The zero-order valence-electron chi connectivity index (χ0n) is 35.9. The first kappa shape index (κ1) is 50.4. The number of aliphatic hydroxyl groups excluding tert-OH is 5. The summed E-state index contributed by atoms with van der Waals surface area (Å²) in [4.78, 5) is 108. The molecule has 0 spiro atoms. The summed E-state index contributed by atoms with van der Waals surface area (Å²) in [6.07, 6.45) is -8.71. The van der Waals surface area contributed by atoms with E-state index in [1.54, 1.807) is 26.0 Å². The molecule has 4 aliphatic heterocycles. The zero-order valence-corrected chi connectivity index (χ0v) is 37.7. The number of nitrogens with one attached hydrogen (secondary N) is 2. The third-order valence-corrected chi connectivity index (χ3v) is 13.5. The van der Waals surface area contributed by atoms with E-state index < -0.39 is 107 Å². The lowest BCUT2D eigenvalue weighted by Gasteiger charge is -2.26. The molecule has 4 aliphatic rings. The predicted molar refractivity (Wildman–Crippen MR) is 227 cm³/mol. The molecule has 0 bridgehead atoms. The normalized spacial score (nSPS) is 21.9. The van der Waals surface area contributed by atoms with Crippen LogP contribution in [0.4, 0.5) is 5.82 Å². The molecule has 368 valence electrons. The van der Waals surface area contributed by atoms with Crippen molar-refractivity contribution in [2.24, 2.45) is 0 Å². The predicted octanol–water partition coefficient (Wildman–Crippen LogP) is -1.43. The van der Waals surface area contributed by atoms with E-state index in [2.05, 4.69) is 39.1 Å². The molecule has 29 nitrogen and oxygen atoms in total. The molecule has 9 N–H and O–H groups in total. The number of carbonyl (C=O) groups is 3. The van der Waals surface area contributed by atoms with Gasteiger partial charge < -0.3 is 54.8 Å². The van der Waals surface area contributed by atoms with Crippen molar-refractivity contribution in [1.29, 1.82) is 0 Å². The lowest BCUT2D eigenvalue weighted by molar-refractivity contribution is -0.197. The van der Waals surface area contributed by atoms with E-state index in [1.165, 1.54) is 21.8 Å². The first-order chi connectivity index (χ1) is 32.1. The van der Waals surface area contributed by atoms with E-state index in [0.717, 1.165) is 11.1 Å². The van der Waals surface area contributed by atoms with Crippen molar-refractivity contribution >= 4 is 61.4 Å². The van der Waals surface area contributed by atoms with Crippen LogP contribution < -0.4 is 16.6 Å². The lowest BCUT2D eigenvalue weighted by atomic mass is 10.1. The van der Waals surface area contributed by atoms with Gasteiger partial charge in [-0.2, -0.15) is 9.29 Å². The van der Waals surface area contributed by atoms with Gasteiger partial charge in [0, 0.05) is 25.8 Å². The van der Waals surface area contributed by atoms with Gasteiger partial charge in [-0.15, -0.1) is 5.06 Å². The minimum absolute atomic E-state index is 0.00867. The number of H-pyrrole nitrogens is 1. The van der Waals surface area contributed by atoms with Gasteiger partial charge in [0.1, 0.15) is 43.0 Å². The minimum Gasteiger partial charge on any atom is -0.388 e. The Morgan fingerprint density at radius 2 is 1.63 bits per heavy atom. The van der Waals surface area contributed by atoms with Gasteiger partial charge >= 0.3 is 27.3 Å². The van der Waals surface area contributed by atoms with Gasteiger partial charge in [0.05, 0.1) is 37.1 Å². The first-order valence-corrected chi connectivity index (χ1v) is 23.7. The van der Waals surface area contributed by atoms with Crippen LogP contribution in [0.1, 0.15) is 55.9 Å². The smallest absolute Gasteiger partial charge is 0.388 e. The summed E-state index contributed by atoms with van der Waals surface area (Å²) in [6, 6.07) is 3.28. The van der Waals surface area contributed by atoms with Gasteiger partial charge in [0.15, 0.2) is 34.7 Å². The van der Waals surface area contributed by atoms with Crippen LogP contribution in [0.5, 0.6) is 0 Å². The van der Waals surface area contributed by atoms with Crippen LogP contribution in [0.25, 0.3) is 33.7 Å². The summed E-state index contributed by atoms with van der Waals surface area (Å²) in [5, 5.41) is 57.5. The molecule has 0 aliphatic carbocycles. The fourth-order valence-electron chi connectivity index (χ4n) is 7.25. The molecule has 6 heterocycles. The highest BCUT2D eigenvalue weighted by atomic mass is 31.3. The van der Waals surface area contributed by atoms with E-state index in [-0.39, 0.29) is 58.8 Å². The number of aryl methyl sites for hydroxylation is 2. The second-order valence-electron chi connectivity index (χ2n) is 15.8. The number of carbonyl (C=O) groups excluding carboxylic acids is 3. The van der Waals surface area contributed by atoms with Gasteiger partial charge in [-0.05, 0) is 49.9 Å². The number of fused-ring (bicyclic) bond motifs is 3. The van der Waals surface area contributed by atoms with Crippen molar-refractivity contribution in [3.63, 3.8) is 0 Å². The number of benzene rings is 1. The average molecular weight is 997 g/mol. The molecule has 0 radical (unpaired) electrons. The van der Waals surface area contributed by atoms with Crippen LogP contribution in [0.3, 0.4) is 0 Å². The molecule has 2 fully saturated rings. The number of amides is 2. The number of aromatic nitrogens is 8. The summed E-state index contributed by atoms with van der Waals surface area (Å²) in [7, 11) is -11.2. The number of aliphatic hydroxyl groups is 5. The molecular formula is C37H46N10O19P2. The summed E-state index contributed by atoms with van der Waals surface area (Å²) < 4.78 is 47.3. The molecule has 2 unspecified atom stereocenters. The topological polar surface area (TPSA) is 413 Å². The highest BCUT2D eigenvalue weighted by Gasteiger charge is 2.46. The van der Waals surface area contributed by atoms with Gasteiger partial charge in [-0.25, -0.2) is 38.7 Å². The number of phosphoric ester groups is 2. The van der Waals surface area contributed by atoms with Crippen LogP contribution in [-0.2, 0) is 53.0 Å². The van der Waals surface area contributed by atoms with Gasteiger partial charge in [-0.1, -0.05) is 6.42 Å². The van der Waals surface area contributed by atoms with E-state index in [9.17, 15) is 68.4 Å². The van der Waals surface area contributed by atoms with Crippen LogP contribution in [0, 0.1) is 13.8 Å². The Balaban J connectivity index is 0.887.